The number of carbonyl (C=O) groups is 2. The summed E-state index contributed by atoms with van der Waals surface area (Å²) in [6, 6.07) is 14.7. The van der Waals surface area contributed by atoms with Crippen molar-refractivity contribution in [1.29, 1.82) is 0 Å². The molecular weight excluding hydrogens is 384 g/mol. The number of rotatable bonds is 6. The molecule has 4 rings (SSSR count). The van der Waals surface area contributed by atoms with Gasteiger partial charge in [-0.25, -0.2) is 0 Å². The Morgan fingerprint density at radius 1 is 0.900 bits per heavy atom. The van der Waals surface area contributed by atoms with Crippen LogP contribution in [0.2, 0.25) is 0 Å². The minimum Gasteiger partial charge on any atom is -0.493 e. The standard InChI is InChI=1S/C23H24N2O5/c1-28-18-9-8-16(14-19(18)29-2)15-25-22(26)20(17-6-4-3-5-7-17)21(23(25)27)24-10-12-30-13-11-24/h3-9,14H,10-13,15H2,1-2H3. The van der Waals surface area contributed by atoms with Crippen molar-refractivity contribution in [3.63, 3.8) is 0 Å². The van der Waals surface area contributed by atoms with Crippen molar-refractivity contribution in [2.75, 3.05) is 40.5 Å². The third-order valence-corrected chi connectivity index (χ3v) is 5.32. The number of morpholine rings is 1. The lowest BCUT2D eigenvalue weighted by molar-refractivity contribution is -0.138. The van der Waals surface area contributed by atoms with Gasteiger partial charge in [-0.3, -0.25) is 14.5 Å². The molecule has 2 aliphatic heterocycles. The molecule has 0 spiro atoms. The van der Waals surface area contributed by atoms with Gasteiger partial charge in [-0.15, -0.1) is 0 Å². The summed E-state index contributed by atoms with van der Waals surface area (Å²) in [7, 11) is 3.12. The minimum absolute atomic E-state index is 0.155. The van der Waals surface area contributed by atoms with Gasteiger partial charge in [0.1, 0.15) is 5.70 Å². The molecule has 0 radical (unpaired) electrons. The highest BCUT2D eigenvalue weighted by molar-refractivity contribution is 6.35. The SMILES string of the molecule is COc1ccc(CN2C(=O)C(c3ccccc3)=C(N3CCOCC3)C2=O)cc1OC. The van der Waals surface area contributed by atoms with Gasteiger partial charge in [0, 0.05) is 13.1 Å². The van der Waals surface area contributed by atoms with Crippen LogP contribution < -0.4 is 9.47 Å². The summed E-state index contributed by atoms with van der Waals surface area (Å²) >= 11 is 0. The summed E-state index contributed by atoms with van der Waals surface area (Å²) in [6.45, 7) is 2.37. The third kappa shape index (κ3) is 3.64. The molecule has 2 amide bonds. The van der Waals surface area contributed by atoms with E-state index in [1.165, 1.54) is 4.90 Å². The third-order valence-electron chi connectivity index (χ3n) is 5.32. The lowest BCUT2D eigenvalue weighted by Gasteiger charge is -2.29. The van der Waals surface area contributed by atoms with Gasteiger partial charge in [-0.05, 0) is 23.3 Å². The first-order chi connectivity index (χ1) is 14.6. The molecule has 2 aliphatic rings. The summed E-state index contributed by atoms with van der Waals surface area (Å²) < 4.78 is 16.1. The Balaban J connectivity index is 1.69. The van der Waals surface area contributed by atoms with Crippen LogP contribution in [0.5, 0.6) is 11.5 Å². The van der Waals surface area contributed by atoms with E-state index in [0.29, 0.717) is 49.1 Å². The molecule has 2 aromatic rings. The fraction of sp³-hybridized carbons (Fsp3) is 0.304. The number of amides is 2. The normalized spacial score (nSPS) is 17.0. The minimum atomic E-state index is -0.289. The van der Waals surface area contributed by atoms with Gasteiger partial charge in [0.25, 0.3) is 11.8 Å². The van der Waals surface area contributed by atoms with Crippen LogP contribution in [0.25, 0.3) is 5.57 Å². The molecule has 1 saturated heterocycles. The maximum Gasteiger partial charge on any atom is 0.278 e. The van der Waals surface area contributed by atoms with Gasteiger partial charge in [0.15, 0.2) is 11.5 Å². The lowest BCUT2D eigenvalue weighted by Crippen LogP contribution is -2.40. The number of ether oxygens (including phenoxy) is 3. The molecule has 0 saturated carbocycles. The van der Waals surface area contributed by atoms with E-state index in [-0.39, 0.29) is 18.4 Å². The van der Waals surface area contributed by atoms with Crippen molar-refractivity contribution >= 4 is 17.4 Å². The monoisotopic (exact) mass is 408 g/mol. The highest BCUT2D eigenvalue weighted by atomic mass is 16.5. The first-order valence-corrected chi connectivity index (χ1v) is 9.83. The van der Waals surface area contributed by atoms with E-state index < -0.39 is 0 Å². The molecule has 0 N–H and O–H groups in total. The van der Waals surface area contributed by atoms with Gasteiger partial charge >= 0.3 is 0 Å². The molecule has 0 aromatic heterocycles. The molecule has 0 atom stereocenters. The number of nitrogens with zero attached hydrogens (tertiary/aromatic N) is 2. The highest BCUT2D eigenvalue weighted by Gasteiger charge is 2.41. The molecule has 0 unspecified atom stereocenters. The summed E-state index contributed by atoms with van der Waals surface area (Å²) in [5, 5.41) is 0. The molecule has 30 heavy (non-hydrogen) atoms. The molecule has 7 heteroatoms. The second-order valence-corrected chi connectivity index (χ2v) is 7.07. The Morgan fingerprint density at radius 2 is 1.60 bits per heavy atom. The van der Waals surface area contributed by atoms with Gasteiger partial charge < -0.3 is 19.1 Å². The fourth-order valence-electron chi connectivity index (χ4n) is 3.81. The zero-order valence-corrected chi connectivity index (χ0v) is 17.1. The van der Waals surface area contributed by atoms with Crippen LogP contribution in [0, 0.1) is 0 Å². The zero-order valence-electron chi connectivity index (χ0n) is 17.1. The molecule has 2 heterocycles. The zero-order chi connectivity index (χ0) is 21.1. The molecule has 2 aromatic carbocycles. The van der Waals surface area contributed by atoms with Crippen molar-refractivity contribution in [1.82, 2.24) is 9.80 Å². The number of hydrogen-bond donors (Lipinski definition) is 0. The van der Waals surface area contributed by atoms with Crippen LogP contribution in [-0.4, -0.2) is 62.1 Å². The van der Waals surface area contributed by atoms with E-state index in [9.17, 15) is 9.59 Å². The van der Waals surface area contributed by atoms with Crippen molar-refractivity contribution < 1.29 is 23.8 Å². The van der Waals surface area contributed by atoms with E-state index in [4.69, 9.17) is 14.2 Å². The molecule has 156 valence electrons. The smallest absolute Gasteiger partial charge is 0.278 e. The Kier molecular flexibility index (Phi) is 5.72. The molecule has 1 fully saturated rings. The van der Waals surface area contributed by atoms with E-state index in [0.717, 1.165) is 11.1 Å². The van der Waals surface area contributed by atoms with Gasteiger partial charge in [0.05, 0.1) is 39.6 Å². The van der Waals surface area contributed by atoms with Gasteiger partial charge in [-0.2, -0.15) is 0 Å². The number of hydrogen-bond acceptors (Lipinski definition) is 6. The van der Waals surface area contributed by atoms with Crippen LogP contribution in [-0.2, 0) is 20.9 Å². The van der Waals surface area contributed by atoms with E-state index in [1.54, 1.807) is 26.4 Å². The van der Waals surface area contributed by atoms with Crippen molar-refractivity contribution in [2.45, 2.75) is 6.54 Å². The van der Waals surface area contributed by atoms with Crippen LogP contribution in [0.4, 0.5) is 0 Å². The average Bonchev–Trinajstić information content (AvgIpc) is 3.04. The van der Waals surface area contributed by atoms with Crippen molar-refractivity contribution in [3.05, 3.63) is 65.4 Å². The van der Waals surface area contributed by atoms with Crippen molar-refractivity contribution in [3.8, 4) is 11.5 Å². The Bertz CT molecular complexity index is 980. The molecule has 0 bridgehead atoms. The van der Waals surface area contributed by atoms with Gasteiger partial charge in [-0.1, -0.05) is 36.4 Å². The first-order valence-electron chi connectivity index (χ1n) is 9.83. The van der Waals surface area contributed by atoms with Gasteiger partial charge in [0.2, 0.25) is 0 Å². The first kappa shape index (κ1) is 20.0. The predicted molar refractivity (Wildman–Crippen MR) is 111 cm³/mol. The van der Waals surface area contributed by atoms with E-state index in [2.05, 4.69) is 0 Å². The quantitative estimate of drug-likeness (QED) is 0.684. The summed E-state index contributed by atoms with van der Waals surface area (Å²) in [5.41, 5.74) is 2.43. The Morgan fingerprint density at radius 3 is 2.27 bits per heavy atom. The maximum atomic E-state index is 13.4. The summed E-state index contributed by atoms with van der Waals surface area (Å²) in [6.07, 6.45) is 0. The second-order valence-electron chi connectivity index (χ2n) is 7.07. The Hall–Kier alpha value is -3.32. The largest absolute Gasteiger partial charge is 0.493 e. The van der Waals surface area contributed by atoms with Crippen LogP contribution in [0.15, 0.2) is 54.2 Å². The number of imide groups is 1. The number of carbonyl (C=O) groups excluding carboxylic acids is 2. The van der Waals surface area contributed by atoms with E-state index in [1.807, 2.05) is 41.3 Å². The average molecular weight is 408 g/mol. The number of methoxy groups -OCH3 is 2. The van der Waals surface area contributed by atoms with Crippen molar-refractivity contribution in [2.24, 2.45) is 0 Å². The number of benzene rings is 2. The topological polar surface area (TPSA) is 68.3 Å². The summed E-state index contributed by atoms with van der Waals surface area (Å²) in [5.74, 6) is 0.578. The lowest BCUT2D eigenvalue weighted by atomic mass is 10.0. The van der Waals surface area contributed by atoms with Crippen LogP contribution >= 0.6 is 0 Å². The molecular formula is C23H24N2O5. The predicted octanol–water partition coefficient (Wildman–Crippen LogP) is 2.32. The highest BCUT2D eigenvalue weighted by Crippen LogP contribution is 2.34. The summed E-state index contributed by atoms with van der Waals surface area (Å²) in [4.78, 5) is 30.0. The van der Waals surface area contributed by atoms with Crippen LogP contribution in [0.1, 0.15) is 11.1 Å². The molecule has 0 aliphatic carbocycles. The Labute approximate surface area is 175 Å². The maximum absolute atomic E-state index is 13.4. The second kappa shape index (κ2) is 8.59. The molecule has 7 nitrogen and oxygen atoms in total. The van der Waals surface area contributed by atoms with E-state index >= 15 is 0 Å². The fourth-order valence-corrected chi connectivity index (χ4v) is 3.81. The van der Waals surface area contributed by atoms with Crippen LogP contribution in [0.3, 0.4) is 0 Å².